The van der Waals surface area contributed by atoms with Crippen LogP contribution in [0.4, 0.5) is 0 Å². The number of hydrogen-bond donors (Lipinski definition) is 0. The summed E-state index contributed by atoms with van der Waals surface area (Å²) in [7, 11) is 1.81. The molecule has 0 bridgehead atoms. The number of rotatable bonds is 3. The van der Waals surface area contributed by atoms with Gasteiger partial charge in [0.15, 0.2) is 0 Å². The van der Waals surface area contributed by atoms with E-state index >= 15 is 0 Å². The Morgan fingerprint density at radius 2 is 2.24 bits per heavy atom. The molecule has 0 saturated carbocycles. The average Bonchev–Trinajstić information content (AvgIpc) is 2.94. The second kappa shape index (κ2) is 6.08. The van der Waals surface area contributed by atoms with Gasteiger partial charge in [0.1, 0.15) is 5.69 Å². The van der Waals surface area contributed by atoms with Crippen LogP contribution in [0.5, 0.6) is 0 Å². The van der Waals surface area contributed by atoms with Crippen molar-refractivity contribution in [1.82, 2.24) is 19.7 Å². The Bertz CT molecular complexity index is 608. The van der Waals surface area contributed by atoms with Crippen molar-refractivity contribution >= 4 is 5.91 Å². The molecule has 21 heavy (non-hydrogen) atoms. The largest absolute Gasteiger partial charge is 0.337 e. The van der Waals surface area contributed by atoms with Crippen molar-refractivity contribution < 1.29 is 4.79 Å². The molecule has 1 aliphatic heterocycles. The first-order valence-electron chi connectivity index (χ1n) is 7.41. The van der Waals surface area contributed by atoms with Crippen LogP contribution < -0.4 is 0 Å². The van der Waals surface area contributed by atoms with E-state index in [1.54, 1.807) is 16.9 Å². The number of aryl methyl sites for hydroxylation is 1. The molecule has 3 rings (SSSR count). The Kier molecular flexibility index (Phi) is 3.99. The van der Waals surface area contributed by atoms with Gasteiger partial charge in [-0.2, -0.15) is 5.10 Å². The third-order valence-corrected chi connectivity index (χ3v) is 4.07. The molecule has 1 amide bonds. The molecule has 1 atom stereocenters. The molecule has 2 aromatic rings. The summed E-state index contributed by atoms with van der Waals surface area (Å²) in [4.78, 5) is 18.9. The summed E-state index contributed by atoms with van der Waals surface area (Å²) < 4.78 is 1.64. The van der Waals surface area contributed by atoms with Crippen LogP contribution in [0.15, 0.2) is 36.7 Å². The summed E-state index contributed by atoms with van der Waals surface area (Å²) in [5.41, 5.74) is 1.77. The maximum Gasteiger partial charge on any atom is 0.272 e. The second-order valence-electron chi connectivity index (χ2n) is 5.62. The van der Waals surface area contributed by atoms with E-state index in [-0.39, 0.29) is 5.91 Å². The first-order valence-corrected chi connectivity index (χ1v) is 7.41. The van der Waals surface area contributed by atoms with Gasteiger partial charge in [-0.1, -0.05) is 6.07 Å². The van der Waals surface area contributed by atoms with Crippen LogP contribution in [0.25, 0.3) is 0 Å². The molecular formula is C16H20N4O. The molecule has 5 nitrogen and oxygen atoms in total. The molecule has 0 N–H and O–H groups in total. The first-order chi connectivity index (χ1) is 10.2. The topological polar surface area (TPSA) is 51.0 Å². The van der Waals surface area contributed by atoms with Crippen LogP contribution >= 0.6 is 0 Å². The Labute approximate surface area is 124 Å². The normalized spacial score (nSPS) is 18.7. The minimum Gasteiger partial charge on any atom is -0.337 e. The van der Waals surface area contributed by atoms with Crippen LogP contribution in [-0.4, -0.2) is 38.7 Å². The van der Waals surface area contributed by atoms with Gasteiger partial charge in [-0.3, -0.25) is 14.5 Å². The first kappa shape index (κ1) is 13.8. The van der Waals surface area contributed by atoms with Crippen molar-refractivity contribution in [3.8, 4) is 0 Å². The molecular weight excluding hydrogens is 264 g/mol. The quantitative estimate of drug-likeness (QED) is 0.865. The van der Waals surface area contributed by atoms with Crippen molar-refractivity contribution in [2.24, 2.45) is 13.0 Å². The predicted octanol–water partition coefficient (Wildman–Crippen LogP) is 1.91. The lowest BCUT2D eigenvalue weighted by atomic mass is 9.93. The van der Waals surface area contributed by atoms with E-state index in [2.05, 4.69) is 16.1 Å². The second-order valence-corrected chi connectivity index (χ2v) is 5.62. The Balaban J connectivity index is 1.66. The summed E-state index contributed by atoms with van der Waals surface area (Å²) in [6.07, 6.45) is 6.65. The van der Waals surface area contributed by atoms with Gasteiger partial charge in [-0.25, -0.2) is 0 Å². The molecule has 1 fully saturated rings. The van der Waals surface area contributed by atoms with Gasteiger partial charge >= 0.3 is 0 Å². The van der Waals surface area contributed by atoms with Gasteiger partial charge in [0, 0.05) is 38.2 Å². The molecule has 1 saturated heterocycles. The molecule has 3 heterocycles. The fraction of sp³-hybridized carbons (Fsp3) is 0.438. The standard InChI is InChI=1S/C16H20N4O/c1-19-15(7-9-18-19)16(21)20-10-4-5-13(12-20)11-14-6-2-3-8-17-14/h2-3,6-9,13H,4-5,10-12H2,1H3. The summed E-state index contributed by atoms with van der Waals surface area (Å²) in [5.74, 6) is 0.576. The number of likely N-dealkylation sites (tertiary alicyclic amines) is 1. The zero-order chi connectivity index (χ0) is 14.7. The number of amides is 1. The fourth-order valence-corrected chi connectivity index (χ4v) is 2.98. The fourth-order valence-electron chi connectivity index (χ4n) is 2.98. The number of carbonyl (C=O) groups excluding carboxylic acids is 1. The van der Waals surface area contributed by atoms with Crippen LogP contribution in [0.3, 0.4) is 0 Å². The SMILES string of the molecule is Cn1nccc1C(=O)N1CCCC(Cc2ccccn2)C1. The Hall–Kier alpha value is -2.17. The molecule has 110 valence electrons. The Morgan fingerprint density at radius 1 is 1.33 bits per heavy atom. The molecule has 0 radical (unpaired) electrons. The predicted molar refractivity (Wildman–Crippen MR) is 79.8 cm³/mol. The summed E-state index contributed by atoms with van der Waals surface area (Å²) >= 11 is 0. The van der Waals surface area contributed by atoms with E-state index in [1.165, 1.54) is 0 Å². The molecule has 2 aromatic heterocycles. The van der Waals surface area contributed by atoms with Gasteiger partial charge in [-0.15, -0.1) is 0 Å². The number of hydrogen-bond acceptors (Lipinski definition) is 3. The van der Waals surface area contributed by atoms with Crippen LogP contribution in [0.1, 0.15) is 29.0 Å². The van der Waals surface area contributed by atoms with E-state index in [4.69, 9.17) is 0 Å². The van der Waals surface area contributed by atoms with Crippen molar-refractivity contribution in [3.63, 3.8) is 0 Å². The summed E-state index contributed by atoms with van der Waals surface area (Å²) in [6.45, 7) is 1.64. The number of pyridine rings is 1. The average molecular weight is 284 g/mol. The number of piperidine rings is 1. The lowest BCUT2D eigenvalue weighted by Crippen LogP contribution is -2.41. The molecule has 0 aromatic carbocycles. The summed E-state index contributed by atoms with van der Waals surface area (Å²) in [6, 6.07) is 7.79. The smallest absolute Gasteiger partial charge is 0.272 e. The number of aromatic nitrogens is 3. The van der Waals surface area contributed by atoms with E-state index < -0.39 is 0 Å². The Morgan fingerprint density at radius 3 is 2.95 bits per heavy atom. The maximum atomic E-state index is 12.5. The highest BCUT2D eigenvalue weighted by Gasteiger charge is 2.26. The number of nitrogens with zero attached hydrogens (tertiary/aromatic N) is 4. The van der Waals surface area contributed by atoms with E-state index in [9.17, 15) is 4.79 Å². The monoisotopic (exact) mass is 284 g/mol. The molecule has 5 heteroatoms. The van der Waals surface area contributed by atoms with Gasteiger partial charge in [0.25, 0.3) is 5.91 Å². The van der Waals surface area contributed by atoms with Gasteiger partial charge < -0.3 is 4.90 Å². The molecule has 1 unspecified atom stereocenters. The summed E-state index contributed by atoms with van der Waals surface area (Å²) in [5, 5.41) is 4.08. The lowest BCUT2D eigenvalue weighted by Gasteiger charge is -2.32. The highest BCUT2D eigenvalue weighted by atomic mass is 16.2. The highest BCUT2D eigenvalue weighted by molar-refractivity contribution is 5.92. The van der Waals surface area contributed by atoms with Crippen molar-refractivity contribution in [2.75, 3.05) is 13.1 Å². The third kappa shape index (κ3) is 3.12. The molecule has 1 aliphatic rings. The van der Waals surface area contributed by atoms with Crippen molar-refractivity contribution in [1.29, 1.82) is 0 Å². The van der Waals surface area contributed by atoms with Crippen molar-refractivity contribution in [2.45, 2.75) is 19.3 Å². The third-order valence-electron chi connectivity index (χ3n) is 4.07. The molecule has 0 spiro atoms. The maximum absolute atomic E-state index is 12.5. The van der Waals surface area contributed by atoms with E-state index in [0.29, 0.717) is 11.6 Å². The van der Waals surface area contributed by atoms with Crippen LogP contribution in [0, 0.1) is 5.92 Å². The van der Waals surface area contributed by atoms with E-state index in [0.717, 1.165) is 38.0 Å². The zero-order valence-corrected chi connectivity index (χ0v) is 12.3. The van der Waals surface area contributed by atoms with Gasteiger partial charge in [-0.05, 0) is 43.4 Å². The van der Waals surface area contributed by atoms with Crippen molar-refractivity contribution in [3.05, 3.63) is 48.0 Å². The minimum atomic E-state index is 0.0840. The zero-order valence-electron chi connectivity index (χ0n) is 12.3. The van der Waals surface area contributed by atoms with Crippen LogP contribution in [0.2, 0.25) is 0 Å². The van der Waals surface area contributed by atoms with Gasteiger partial charge in [0.2, 0.25) is 0 Å². The number of carbonyl (C=O) groups is 1. The van der Waals surface area contributed by atoms with Crippen LogP contribution in [-0.2, 0) is 13.5 Å². The highest BCUT2D eigenvalue weighted by Crippen LogP contribution is 2.21. The lowest BCUT2D eigenvalue weighted by molar-refractivity contribution is 0.0661. The molecule has 0 aliphatic carbocycles. The minimum absolute atomic E-state index is 0.0840. The van der Waals surface area contributed by atoms with E-state index in [1.807, 2.05) is 30.3 Å². The van der Waals surface area contributed by atoms with Gasteiger partial charge in [0.05, 0.1) is 0 Å².